The van der Waals surface area contributed by atoms with E-state index in [2.05, 4.69) is 10.5 Å². The molecule has 0 bridgehead atoms. The van der Waals surface area contributed by atoms with E-state index in [1.165, 1.54) is 0 Å². The first-order valence-corrected chi connectivity index (χ1v) is 11.3. The number of carbonyl (C=O) groups excluding carboxylic acids is 1. The van der Waals surface area contributed by atoms with Crippen LogP contribution < -0.4 is 5.32 Å². The van der Waals surface area contributed by atoms with Gasteiger partial charge in [-0.05, 0) is 29.2 Å². The zero-order valence-corrected chi connectivity index (χ0v) is 19.5. The number of benzene rings is 3. The Bertz CT molecular complexity index is 1300. The predicted molar refractivity (Wildman–Crippen MR) is 133 cm³/mol. The second-order valence-corrected chi connectivity index (χ2v) is 8.34. The van der Waals surface area contributed by atoms with Gasteiger partial charge in [-0.1, -0.05) is 90.9 Å². The summed E-state index contributed by atoms with van der Waals surface area (Å²) >= 11 is 0. The molecule has 0 aliphatic rings. The molecule has 0 radical (unpaired) electrons. The summed E-state index contributed by atoms with van der Waals surface area (Å²) < 4.78 is 10.8. The van der Waals surface area contributed by atoms with Crippen LogP contribution in [-0.2, 0) is 16.0 Å². The van der Waals surface area contributed by atoms with Gasteiger partial charge in [0.15, 0.2) is 5.76 Å². The summed E-state index contributed by atoms with van der Waals surface area (Å²) in [5, 5.41) is 15.8. The van der Waals surface area contributed by atoms with Gasteiger partial charge in [-0.15, -0.1) is 0 Å². The molecule has 3 aromatic carbocycles. The van der Waals surface area contributed by atoms with Gasteiger partial charge in [0.05, 0.1) is 13.0 Å². The van der Waals surface area contributed by atoms with Crippen LogP contribution in [0.3, 0.4) is 0 Å². The summed E-state index contributed by atoms with van der Waals surface area (Å²) in [6.07, 6.45) is -0.577. The van der Waals surface area contributed by atoms with E-state index in [1.807, 2.05) is 85.8 Å². The highest BCUT2D eigenvalue weighted by molar-refractivity contribution is 5.91. The van der Waals surface area contributed by atoms with Gasteiger partial charge < -0.3 is 14.4 Å². The number of aromatic nitrogens is 1. The number of anilines is 1. The molecule has 0 fully saturated rings. The number of nitrogens with zero attached hydrogens (tertiary/aromatic N) is 1. The number of aryl methyl sites for hydroxylation is 1. The second-order valence-electron chi connectivity index (χ2n) is 8.34. The van der Waals surface area contributed by atoms with E-state index in [9.17, 15) is 9.59 Å². The van der Waals surface area contributed by atoms with Crippen molar-refractivity contribution in [2.45, 2.75) is 26.2 Å². The first-order valence-electron chi connectivity index (χ1n) is 11.3. The van der Waals surface area contributed by atoms with Crippen molar-refractivity contribution in [3.8, 4) is 22.4 Å². The molecule has 1 aromatic heterocycles. The molecule has 7 nitrogen and oxygen atoms in total. The Morgan fingerprint density at radius 2 is 1.54 bits per heavy atom. The molecule has 0 spiro atoms. The van der Waals surface area contributed by atoms with Crippen LogP contribution in [0.1, 0.15) is 29.7 Å². The van der Waals surface area contributed by atoms with E-state index >= 15 is 0 Å². The Balaban J connectivity index is 1.43. The highest BCUT2D eigenvalue weighted by Crippen LogP contribution is 2.32. The van der Waals surface area contributed by atoms with E-state index in [1.54, 1.807) is 6.92 Å². The number of nitrogens with one attached hydrogen (secondary N) is 1. The number of ether oxygens (including phenoxy) is 1. The fraction of sp³-hybridized carbons (Fsp3) is 0.179. The van der Waals surface area contributed by atoms with Crippen molar-refractivity contribution in [1.82, 2.24) is 5.16 Å². The monoisotopic (exact) mass is 470 g/mol. The summed E-state index contributed by atoms with van der Waals surface area (Å²) in [7, 11) is 0. The Morgan fingerprint density at radius 3 is 2.17 bits per heavy atom. The number of carboxylic acids is 1. The molecule has 0 saturated carbocycles. The molecule has 178 valence electrons. The number of hydrogen-bond donors (Lipinski definition) is 2. The number of carbonyl (C=O) groups is 2. The van der Waals surface area contributed by atoms with E-state index in [0.29, 0.717) is 17.1 Å². The molecule has 1 heterocycles. The summed E-state index contributed by atoms with van der Waals surface area (Å²) in [5.74, 6) is -0.314. The van der Waals surface area contributed by atoms with Crippen molar-refractivity contribution in [2.24, 2.45) is 0 Å². The van der Waals surface area contributed by atoms with Gasteiger partial charge in [0.2, 0.25) is 0 Å². The van der Waals surface area contributed by atoms with Gasteiger partial charge in [0.1, 0.15) is 11.4 Å². The van der Waals surface area contributed by atoms with E-state index in [0.717, 1.165) is 27.8 Å². The van der Waals surface area contributed by atoms with Crippen molar-refractivity contribution in [1.29, 1.82) is 0 Å². The van der Waals surface area contributed by atoms with E-state index in [-0.39, 0.29) is 18.9 Å². The van der Waals surface area contributed by atoms with Crippen LogP contribution in [-0.4, -0.2) is 28.9 Å². The molecular weight excluding hydrogens is 444 g/mol. The van der Waals surface area contributed by atoms with Crippen molar-refractivity contribution in [3.63, 3.8) is 0 Å². The molecule has 7 heteroatoms. The minimum Gasteiger partial charge on any atom is -0.481 e. The topological polar surface area (TPSA) is 102 Å². The number of rotatable bonds is 8. The van der Waals surface area contributed by atoms with E-state index < -0.39 is 12.1 Å². The number of carboxylic acid groups (broad SMARTS) is 1. The minimum absolute atomic E-state index is 0.00585. The largest absolute Gasteiger partial charge is 0.481 e. The van der Waals surface area contributed by atoms with Gasteiger partial charge in [0, 0.05) is 11.5 Å². The van der Waals surface area contributed by atoms with Crippen LogP contribution in [0.15, 0.2) is 83.4 Å². The van der Waals surface area contributed by atoms with Crippen LogP contribution in [0.2, 0.25) is 0 Å². The van der Waals surface area contributed by atoms with E-state index in [4.69, 9.17) is 14.4 Å². The molecule has 0 aliphatic heterocycles. The lowest BCUT2D eigenvalue weighted by molar-refractivity contribution is -0.136. The highest BCUT2D eigenvalue weighted by atomic mass is 16.5. The van der Waals surface area contributed by atoms with Crippen molar-refractivity contribution >= 4 is 17.7 Å². The molecule has 1 unspecified atom stereocenters. The lowest BCUT2D eigenvalue weighted by atomic mass is 10.0. The molecule has 1 atom stereocenters. The predicted octanol–water partition coefficient (Wildman–Crippen LogP) is 6.30. The lowest BCUT2D eigenvalue weighted by Gasteiger charge is -2.13. The molecule has 0 aliphatic carbocycles. The van der Waals surface area contributed by atoms with Gasteiger partial charge in [-0.25, -0.2) is 4.79 Å². The summed E-state index contributed by atoms with van der Waals surface area (Å²) in [6, 6.07) is 24.9. The normalized spacial score (nSPS) is 11.6. The fourth-order valence-electron chi connectivity index (χ4n) is 3.74. The SMILES string of the molecule is Cc1onc(-c2ccc(-c3ccc(CC(=O)O)cc3)cc2)c1NC(=O)OCC(C)c1ccccc1. The zero-order chi connectivity index (χ0) is 24.8. The molecule has 0 saturated heterocycles. The first kappa shape index (κ1) is 23.8. The van der Waals surface area contributed by atoms with Crippen LogP contribution >= 0.6 is 0 Å². The van der Waals surface area contributed by atoms with Gasteiger partial charge in [-0.2, -0.15) is 0 Å². The average Bonchev–Trinajstić information content (AvgIpc) is 3.23. The maximum atomic E-state index is 12.5. The average molecular weight is 471 g/mol. The molecule has 4 rings (SSSR count). The minimum atomic E-state index is -0.857. The maximum absolute atomic E-state index is 12.5. The third kappa shape index (κ3) is 5.95. The van der Waals surface area contributed by atoms with Gasteiger partial charge in [0.25, 0.3) is 0 Å². The molecule has 1 amide bonds. The van der Waals surface area contributed by atoms with Gasteiger partial charge in [-0.3, -0.25) is 10.1 Å². The van der Waals surface area contributed by atoms with Crippen molar-refractivity contribution < 1.29 is 24.0 Å². The van der Waals surface area contributed by atoms with Crippen LogP contribution in [0.25, 0.3) is 22.4 Å². The van der Waals surface area contributed by atoms with Crippen LogP contribution in [0, 0.1) is 6.92 Å². The van der Waals surface area contributed by atoms with Gasteiger partial charge >= 0.3 is 12.1 Å². The standard InChI is InChI=1S/C28H26N2O5/c1-18(21-6-4-3-5-7-21)17-34-28(33)29-26-19(2)35-30-27(26)24-14-12-23(13-15-24)22-10-8-20(9-11-22)16-25(31)32/h3-15,18H,16-17H2,1-2H3,(H,29,33)(H,31,32). The Kier molecular flexibility index (Phi) is 7.26. The smallest absolute Gasteiger partial charge is 0.411 e. The first-order chi connectivity index (χ1) is 16.9. The molecule has 2 N–H and O–H groups in total. The van der Waals surface area contributed by atoms with Crippen LogP contribution in [0.5, 0.6) is 0 Å². The number of hydrogen-bond acceptors (Lipinski definition) is 5. The number of aliphatic carboxylic acids is 1. The quantitative estimate of drug-likeness (QED) is 0.313. The molecule has 4 aromatic rings. The maximum Gasteiger partial charge on any atom is 0.411 e. The third-order valence-corrected chi connectivity index (χ3v) is 5.72. The van der Waals surface area contributed by atoms with Crippen LogP contribution in [0.4, 0.5) is 10.5 Å². The third-order valence-electron chi connectivity index (χ3n) is 5.72. The summed E-state index contributed by atoms with van der Waals surface area (Å²) in [5.41, 5.74) is 5.54. The Labute approximate surface area is 203 Å². The summed E-state index contributed by atoms with van der Waals surface area (Å²) in [4.78, 5) is 23.3. The fourth-order valence-corrected chi connectivity index (χ4v) is 3.74. The molecule has 35 heavy (non-hydrogen) atoms. The molecular formula is C28H26N2O5. The highest BCUT2D eigenvalue weighted by Gasteiger charge is 2.19. The van der Waals surface area contributed by atoms with Crippen molar-refractivity contribution in [3.05, 3.63) is 95.7 Å². The number of amides is 1. The van der Waals surface area contributed by atoms with Crippen molar-refractivity contribution in [2.75, 3.05) is 11.9 Å². The zero-order valence-electron chi connectivity index (χ0n) is 19.5. The Morgan fingerprint density at radius 1 is 0.943 bits per heavy atom. The summed E-state index contributed by atoms with van der Waals surface area (Å²) in [6.45, 7) is 3.97. The Hall–Kier alpha value is -4.39. The second kappa shape index (κ2) is 10.7. The lowest BCUT2D eigenvalue weighted by Crippen LogP contribution is -2.17.